The van der Waals surface area contributed by atoms with Gasteiger partial charge in [-0.05, 0) is 31.0 Å². The summed E-state index contributed by atoms with van der Waals surface area (Å²) >= 11 is 0. The molecule has 8 nitrogen and oxygen atoms in total. The number of nitrogens with zero attached hydrogens (tertiary/aromatic N) is 2. The van der Waals surface area contributed by atoms with Crippen molar-refractivity contribution in [2.24, 2.45) is 0 Å². The Bertz CT molecular complexity index is 876. The van der Waals surface area contributed by atoms with E-state index in [0.717, 1.165) is 5.56 Å². The van der Waals surface area contributed by atoms with Gasteiger partial charge in [0.1, 0.15) is 6.54 Å². The van der Waals surface area contributed by atoms with Crippen molar-refractivity contribution in [2.75, 3.05) is 12.5 Å². The molecule has 0 bridgehead atoms. The fourth-order valence-electron chi connectivity index (χ4n) is 2.66. The number of hydrogen-bond acceptors (Lipinski definition) is 6. The minimum Gasteiger partial charge on any atom is -0.454 e. The number of aryl methyl sites for hydroxylation is 1. The molecular weight excluding hydrogens is 324 g/mol. The molecule has 25 heavy (non-hydrogen) atoms. The third-order valence-corrected chi connectivity index (χ3v) is 4.09. The van der Waals surface area contributed by atoms with Gasteiger partial charge < -0.3 is 20.5 Å². The summed E-state index contributed by atoms with van der Waals surface area (Å²) in [6.07, 6.45) is 0.614. The quantitative estimate of drug-likeness (QED) is 0.828. The zero-order valence-electron chi connectivity index (χ0n) is 14.2. The van der Waals surface area contributed by atoms with Crippen molar-refractivity contribution >= 4 is 11.9 Å². The number of anilines is 1. The van der Waals surface area contributed by atoms with E-state index >= 15 is 0 Å². The zero-order valence-corrected chi connectivity index (χ0v) is 14.2. The Kier molecular flexibility index (Phi) is 4.60. The lowest BCUT2D eigenvalue weighted by Gasteiger charge is -2.12. The number of nitrogens with two attached hydrogens (primary N) is 1. The Balaban J connectivity index is 1.67. The molecule has 1 aliphatic heterocycles. The third-order valence-electron chi connectivity index (χ3n) is 4.09. The summed E-state index contributed by atoms with van der Waals surface area (Å²) in [5, 5.41) is 2.76. The smallest absolute Gasteiger partial charge is 0.258 e. The van der Waals surface area contributed by atoms with E-state index in [9.17, 15) is 9.59 Å². The number of amides is 1. The van der Waals surface area contributed by atoms with Gasteiger partial charge in [0.15, 0.2) is 11.5 Å². The van der Waals surface area contributed by atoms with Crippen LogP contribution < -0.4 is 26.1 Å². The summed E-state index contributed by atoms with van der Waals surface area (Å²) in [6, 6.07) is 5.45. The minimum absolute atomic E-state index is 0.0469. The molecule has 1 aromatic carbocycles. The molecule has 0 aliphatic carbocycles. The minimum atomic E-state index is -0.322. The first-order chi connectivity index (χ1) is 12.0. The molecule has 0 saturated heterocycles. The van der Waals surface area contributed by atoms with Crippen molar-refractivity contribution in [1.82, 2.24) is 14.9 Å². The molecule has 1 aromatic heterocycles. The van der Waals surface area contributed by atoms with E-state index in [1.54, 1.807) is 13.0 Å². The van der Waals surface area contributed by atoms with Crippen molar-refractivity contribution < 1.29 is 14.3 Å². The first-order valence-corrected chi connectivity index (χ1v) is 8.00. The Labute approximate surface area is 144 Å². The maximum Gasteiger partial charge on any atom is 0.258 e. The number of carbonyl (C=O) groups excluding carboxylic acids is 1. The van der Waals surface area contributed by atoms with Crippen LogP contribution in [0.15, 0.2) is 23.0 Å². The summed E-state index contributed by atoms with van der Waals surface area (Å²) < 4.78 is 11.7. The van der Waals surface area contributed by atoms with Crippen molar-refractivity contribution in [1.29, 1.82) is 0 Å². The second kappa shape index (κ2) is 6.84. The van der Waals surface area contributed by atoms with E-state index in [1.165, 1.54) is 4.57 Å². The summed E-state index contributed by atoms with van der Waals surface area (Å²) in [7, 11) is 0. The fraction of sp³-hybridized carbons (Fsp3) is 0.353. The van der Waals surface area contributed by atoms with E-state index in [-0.39, 0.29) is 30.8 Å². The first-order valence-electron chi connectivity index (χ1n) is 8.00. The predicted octanol–water partition coefficient (Wildman–Crippen LogP) is 0.741. The number of nitrogens with one attached hydrogen (secondary N) is 1. The van der Waals surface area contributed by atoms with Gasteiger partial charge in [-0.3, -0.25) is 14.2 Å². The molecule has 8 heteroatoms. The molecule has 2 aromatic rings. The van der Waals surface area contributed by atoms with Crippen molar-refractivity contribution in [3.63, 3.8) is 0 Å². The molecule has 0 spiro atoms. The summed E-state index contributed by atoms with van der Waals surface area (Å²) in [5.74, 6) is 1.07. The van der Waals surface area contributed by atoms with Gasteiger partial charge in [-0.25, -0.2) is 4.98 Å². The highest BCUT2D eigenvalue weighted by Gasteiger charge is 2.15. The second-order valence-electron chi connectivity index (χ2n) is 5.75. The molecule has 3 rings (SSSR count). The van der Waals surface area contributed by atoms with Crippen LogP contribution in [-0.2, 0) is 24.3 Å². The average Bonchev–Trinajstić information content (AvgIpc) is 3.07. The molecule has 132 valence electrons. The summed E-state index contributed by atoms with van der Waals surface area (Å²) in [4.78, 5) is 28.7. The van der Waals surface area contributed by atoms with Crippen LogP contribution in [0, 0.1) is 6.92 Å². The molecule has 3 N–H and O–H groups in total. The molecule has 0 atom stereocenters. The fourth-order valence-corrected chi connectivity index (χ4v) is 2.66. The van der Waals surface area contributed by atoms with Crippen LogP contribution >= 0.6 is 0 Å². The summed E-state index contributed by atoms with van der Waals surface area (Å²) in [6.45, 7) is 3.93. The predicted molar refractivity (Wildman–Crippen MR) is 91.4 cm³/mol. The number of nitrogen functional groups attached to an aromatic ring is 1. The highest BCUT2D eigenvalue weighted by molar-refractivity contribution is 5.76. The lowest BCUT2D eigenvalue weighted by atomic mass is 10.2. The first kappa shape index (κ1) is 16.8. The van der Waals surface area contributed by atoms with Crippen LogP contribution in [0.5, 0.6) is 11.5 Å². The number of carbonyl (C=O) groups is 1. The van der Waals surface area contributed by atoms with Crippen molar-refractivity contribution in [2.45, 2.75) is 33.4 Å². The zero-order chi connectivity index (χ0) is 18.0. The van der Waals surface area contributed by atoms with Crippen molar-refractivity contribution in [3.05, 3.63) is 45.4 Å². The number of ether oxygens (including phenoxy) is 2. The van der Waals surface area contributed by atoms with E-state index in [4.69, 9.17) is 15.2 Å². The monoisotopic (exact) mass is 344 g/mol. The van der Waals surface area contributed by atoms with E-state index < -0.39 is 0 Å². The highest BCUT2D eigenvalue weighted by atomic mass is 16.7. The van der Waals surface area contributed by atoms with Gasteiger partial charge in [0, 0.05) is 12.1 Å². The largest absolute Gasteiger partial charge is 0.454 e. The average molecular weight is 344 g/mol. The molecule has 0 saturated carbocycles. The van der Waals surface area contributed by atoms with Crippen molar-refractivity contribution in [3.8, 4) is 11.5 Å². The number of benzene rings is 1. The van der Waals surface area contributed by atoms with E-state index in [1.807, 2.05) is 19.1 Å². The van der Waals surface area contributed by atoms with Gasteiger partial charge in [0.25, 0.3) is 5.56 Å². The number of hydrogen-bond donors (Lipinski definition) is 2. The molecule has 1 amide bonds. The Morgan fingerprint density at radius 1 is 1.36 bits per heavy atom. The van der Waals surface area contributed by atoms with Crippen LogP contribution in [0.25, 0.3) is 0 Å². The van der Waals surface area contributed by atoms with Crippen LogP contribution in [0.3, 0.4) is 0 Å². The van der Waals surface area contributed by atoms with Gasteiger partial charge in [-0.2, -0.15) is 0 Å². The SMILES string of the molecule is CCc1nc(N)n(CC(=O)NCc2ccc3c(c2)OCO3)c(=O)c1C. The molecule has 2 heterocycles. The molecule has 0 fully saturated rings. The third kappa shape index (κ3) is 3.42. The van der Waals surface area contributed by atoms with Gasteiger partial charge >= 0.3 is 0 Å². The second-order valence-corrected chi connectivity index (χ2v) is 5.75. The Morgan fingerprint density at radius 3 is 2.88 bits per heavy atom. The molecule has 0 unspecified atom stereocenters. The van der Waals surface area contributed by atoms with Gasteiger partial charge in [0.2, 0.25) is 18.6 Å². The molecule has 1 aliphatic rings. The molecule has 0 radical (unpaired) electrons. The van der Waals surface area contributed by atoms with E-state index in [0.29, 0.717) is 35.7 Å². The van der Waals surface area contributed by atoms with Gasteiger partial charge in [-0.15, -0.1) is 0 Å². The number of rotatable bonds is 5. The topological polar surface area (TPSA) is 108 Å². The number of fused-ring (bicyclic) bond motifs is 1. The normalized spacial score (nSPS) is 12.2. The molecular formula is C17H20N4O4. The lowest BCUT2D eigenvalue weighted by molar-refractivity contribution is -0.121. The maximum absolute atomic E-state index is 12.3. The van der Waals surface area contributed by atoms with Crippen LogP contribution in [0.1, 0.15) is 23.7 Å². The van der Waals surface area contributed by atoms with Gasteiger partial charge in [0.05, 0.1) is 5.69 Å². The Morgan fingerprint density at radius 2 is 2.12 bits per heavy atom. The maximum atomic E-state index is 12.3. The van der Waals surface area contributed by atoms with Crippen LogP contribution in [0.4, 0.5) is 5.95 Å². The van der Waals surface area contributed by atoms with Crippen LogP contribution in [-0.4, -0.2) is 22.3 Å². The number of aromatic nitrogens is 2. The van der Waals surface area contributed by atoms with E-state index in [2.05, 4.69) is 10.3 Å². The summed E-state index contributed by atoms with van der Waals surface area (Å²) in [5.41, 5.74) is 7.57. The lowest BCUT2D eigenvalue weighted by Crippen LogP contribution is -2.35. The standard InChI is InChI=1S/C17H20N4O4/c1-3-12-10(2)16(23)21(17(18)20-12)8-15(22)19-7-11-4-5-13-14(6-11)25-9-24-13/h4-6H,3,7-9H2,1-2H3,(H2,18,20)(H,19,22). The Hall–Kier alpha value is -3.03. The van der Waals surface area contributed by atoms with Crippen LogP contribution in [0.2, 0.25) is 0 Å². The highest BCUT2D eigenvalue weighted by Crippen LogP contribution is 2.32. The van der Waals surface area contributed by atoms with Gasteiger partial charge in [-0.1, -0.05) is 13.0 Å².